The summed E-state index contributed by atoms with van der Waals surface area (Å²) >= 11 is 6.07. The molecule has 0 amide bonds. The minimum atomic E-state index is 0.133. The van der Waals surface area contributed by atoms with Crippen LogP contribution in [-0.2, 0) is 10.2 Å². The molecular formula is C14H17ClO. The van der Waals surface area contributed by atoms with Crippen LogP contribution in [0.15, 0.2) is 29.8 Å². The van der Waals surface area contributed by atoms with Crippen LogP contribution in [0.25, 0.3) is 5.03 Å². The molecule has 0 fully saturated rings. The van der Waals surface area contributed by atoms with Gasteiger partial charge in [-0.15, -0.1) is 0 Å². The van der Waals surface area contributed by atoms with Crippen LogP contribution in [-0.4, -0.2) is 6.29 Å². The normalized spacial score (nSPS) is 13.3. The van der Waals surface area contributed by atoms with E-state index in [-0.39, 0.29) is 5.41 Å². The molecule has 0 aromatic heterocycles. The van der Waals surface area contributed by atoms with Gasteiger partial charge in [-0.05, 0) is 23.5 Å². The van der Waals surface area contributed by atoms with Crippen molar-refractivity contribution in [2.75, 3.05) is 0 Å². The van der Waals surface area contributed by atoms with Gasteiger partial charge in [0.2, 0.25) is 0 Å². The lowest BCUT2D eigenvalue weighted by Gasteiger charge is -2.19. The molecule has 0 saturated heterocycles. The van der Waals surface area contributed by atoms with Gasteiger partial charge in [0.15, 0.2) is 0 Å². The molecule has 0 aliphatic carbocycles. The molecule has 0 radical (unpaired) electrons. The number of carbonyl (C=O) groups excluding carboxylic acids is 1. The van der Waals surface area contributed by atoms with Gasteiger partial charge in [-0.3, -0.25) is 4.79 Å². The monoisotopic (exact) mass is 236 g/mol. The van der Waals surface area contributed by atoms with Crippen molar-refractivity contribution >= 4 is 22.9 Å². The Balaban J connectivity index is 3.10. The number of carbonyl (C=O) groups is 1. The largest absolute Gasteiger partial charge is 0.298 e. The summed E-state index contributed by atoms with van der Waals surface area (Å²) in [5.41, 5.74) is 2.84. The van der Waals surface area contributed by atoms with Crippen molar-refractivity contribution < 1.29 is 4.79 Å². The second-order valence-corrected chi connectivity index (χ2v) is 5.32. The molecule has 1 rings (SSSR count). The first kappa shape index (κ1) is 13.0. The summed E-state index contributed by atoms with van der Waals surface area (Å²) < 4.78 is 0. The second-order valence-electron chi connectivity index (χ2n) is 4.94. The zero-order valence-corrected chi connectivity index (χ0v) is 10.9. The van der Waals surface area contributed by atoms with Crippen LogP contribution in [0.3, 0.4) is 0 Å². The van der Waals surface area contributed by atoms with Crippen LogP contribution in [0.1, 0.15) is 38.8 Å². The van der Waals surface area contributed by atoms with Crippen LogP contribution in [0.4, 0.5) is 0 Å². The zero-order valence-electron chi connectivity index (χ0n) is 10.2. The maximum Gasteiger partial charge on any atom is 0.147 e. The number of rotatable bonds is 2. The predicted octanol–water partition coefficient (Wildman–Crippen LogP) is 4.15. The smallest absolute Gasteiger partial charge is 0.147 e. The van der Waals surface area contributed by atoms with Gasteiger partial charge >= 0.3 is 0 Å². The van der Waals surface area contributed by atoms with E-state index in [2.05, 4.69) is 32.9 Å². The molecule has 1 nitrogen and oxygen atoms in total. The summed E-state index contributed by atoms with van der Waals surface area (Å²) in [5.74, 6) is 0. The van der Waals surface area contributed by atoms with E-state index in [1.54, 1.807) is 6.92 Å². The van der Waals surface area contributed by atoms with Gasteiger partial charge in [0, 0.05) is 5.57 Å². The minimum Gasteiger partial charge on any atom is -0.298 e. The highest BCUT2D eigenvalue weighted by Gasteiger charge is 2.13. The molecule has 0 aliphatic heterocycles. The number of halogens is 1. The van der Waals surface area contributed by atoms with Crippen molar-refractivity contribution in [2.24, 2.45) is 0 Å². The van der Waals surface area contributed by atoms with E-state index in [9.17, 15) is 4.79 Å². The molecule has 0 aliphatic rings. The minimum absolute atomic E-state index is 0.133. The van der Waals surface area contributed by atoms with Crippen LogP contribution in [0.5, 0.6) is 0 Å². The van der Waals surface area contributed by atoms with Crippen LogP contribution in [0, 0.1) is 0 Å². The maximum atomic E-state index is 10.6. The maximum absolute atomic E-state index is 10.6. The van der Waals surface area contributed by atoms with E-state index in [1.807, 2.05) is 12.1 Å². The quantitative estimate of drug-likeness (QED) is 0.557. The van der Waals surface area contributed by atoms with Crippen LogP contribution in [0.2, 0.25) is 0 Å². The topological polar surface area (TPSA) is 17.1 Å². The van der Waals surface area contributed by atoms with Crippen molar-refractivity contribution in [1.82, 2.24) is 0 Å². The van der Waals surface area contributed by atoms with Gasteiger partial charge in [-0.25, -0.2) is 0 Å². The molecule has 0 N–H and O–H groups in total. The molecule has 16 heavy (non-hydrogen) atoms. The SMILES string of the molecule is CC(C=O)=C(Cl)c1ccc(C(C)(C)C)cc1. The molecule has 86 valence electrons. The van der Waals surface area contributed by atoms with Gasteiger partial charge < -0.3 is 0 Å². The lowest BCUT2D eigenvalue weighted by Crippen LogP contribution is -2.10. The third kappa shape index (κ3) is 2.96. The number of aldehydes is 1. The molecular weight excluding hydrogens is 220 g/mol. The van der Waals surface area contributed by atoms with E-state index in [4.69, 9.17) is 11.6 Å². The average Bonchev–Trinajstić information content (AvgIpc) is 2.26. The Kier molecular flexibility index (Phi) is 3.93. The molecule has 0 saturated carbocycles. The lowest BCUT2D eigenvalue weighted by atomic mass is 9.86. The third-order valence-corrected chi connectivity index (χ3v) is 3.04. The Labute approximate surface area is 102 Å². The van der Waals surface area contributed by atoms with Crippen molar-refractivity contribution in [3.05, 3.63) is 41.0 Å². The Morgan fingerprint density at radius 1 is 1.19 bits per heavy atom. The fraction of sp³-hybridized carbons (Fsp3) is 0.357. The fourth-order valence-electron chi connectivity index (χ4n) is 1.40. The molecule has 0 bridgehead atoms. The molecule has 0 spiro atoms. The Morgan fingerprint density at radius 2 is 1.69 bits per heavy atom. The molecule has 2 heteroatoms. The van der Waals surface area contributed by atoms with Gasteiger partial charge in [0.1, 0.15) is 6.29 Å². The summed E-state index contributed by atoms with van der Waals surface area (Å²) in [5, 5.41) is 0.524. The van der Waals surface area contributed by atoms with E-state index in [0.29, 0.717) is 10.6 Å². The van der Waals surface area contributed by atoms with Gasteiger partial charge in [-0.1, -0.05) is 56.6 Å². The number of hydrogen-bond donors (Lipinski definition) is 0. The van der Waals surface area contributed by atoms with Crippen LogP contribution < -0.4 is 0 Å². The summed E-state index contributed by atoms with van der Waals surface area (Å²) in [7, 11) is 0. The molecule has 0 unspecified atom stereocenters. The standard InChI is InChI=1S/C14H17ClO/c1-10(9-16)13(15)11-5-7-12(8-6-11)14(2,3)4/h5-9H,1-4H3. The van der Waals surface area contributed by atoms with E-state index in [1.165, 1.54) is 5.56 Å². The molecule has 1 aromatic carbocycles. The number of hydrogen-bond acceptors (Lipinski definition) is 1. The Hall–Kier alpha value is -1.08. The van der Waals surface area contributed by atoms with Gasteiger partial charge in [0.25, 0.3) is 0 Å². The first-order valence-electron chi connectivity index (χ1n) is 5.28. The summed E-state index contributed by atoms with van der Waals surface area (Å²) in [4.78, 5) is 10.6. The highest BCUT2D eigenvalue weighted by molar-refractivity contribution is 6.50. The van der Waals surface area contributed by atoms with Crippen molar-refractivity contribution in [2.45, 2.75) is 33.1 Å². The summed E-state index contributed by atoms with van der Waals surface area (Å²) in [6, 6.07) is 8.01. The van der Waals surface area contributed by atoms with Gasteiger partial charge in [0.05, 0.1) is 5.03 Å². The second kappa shape index (κ2) is 4.84. The molecule has 0 atom stereocenters. The average molecular weight is 237 g/mol. The first-order chi connectivity index (χ1) is 7.36. The molecule has 1 aromatic rings. The van der Waals surface area contributed by atoms with E-state index in [0.717, 1.165) is 11.8 Å². The zero-order chi connectivity index (χ0) is 12.3. The van der Waals surface area contributed by atoms with E-state index < -0.39 is 0 Å². The third-order valence-electron chi connectivity index (χ3n) is 2.53. The highest BCUT2D eigenvalue weighted by atomic mass is 35.5. The fourth-order valence-corrected chi connectivity index (χ4v) is 1.57. The Morgan fingerprint density at radius 3 is 2.06 bits per heavy atom. The summed E-state index contributed by atoms with van der Waals surface area (Å²) in [6.45, 7) is 8.20. The summed E-state index contributed by atoms with van der Waals surface area (Å²) in [6.07, 6.45) is 0.778. The highest BCUT2D eigenvalue weighted by Crippen LogP contribution is 2.26. The van der Waals surface area contributed by atoms with Crippen molar-refractivity contribution in [1.29, 1.82) is 0 Å². The van der Waals surface area contributed by atoms with Crippen molar-refractivity contribution in [3.8, 4) is 0 Å². The van der Waals surface area contributed by atoms with Crippen molar-refractivity contribution in [3.63, 3.8) is 0 Å². The lowest BCUT2D eigenvalue weighted by molar-refractivity contribution is -0.104. The van der Waals surface area contributed by atoms with Crippen LogP contribution >= 0.6 is 11.6 Å². The number of allylic oxidation sites excluding steroid dienone is 1. The number of benzene rings is 1. The predicted molar refractivity (Wildman–Crippen MR) is 69.7 cm³/mol. The van der Waals surface area contributed by atoms with Gasteiger partial charge in [-0.2, -0.15) is 0 Å². The van der Waals surface area contributed by atoms with E-state index >= 15 is 0 Å². The first-order valence-corrected chi connectivity index (χ1v) is 5.66. The molecule has 0 heterocycles. The Bertz CT molecular complexity index is 407.